The highest BCUT2D eigenvalue weighted by molar-refractivity contribution is 7.40. The summed E-state index contributed by atoms with van der Waals surface area (Å²) in [7, 11) is -1.90. The molecule has 0 saturated heterocycles. The third kappa shape index (κ3) is 8.80. The van der Waals surface area contributed by atoms with Crippen LogP contribution in [-0.2, 0) is 9.05 Å². The minimum atomic E-state index is -1.90. The molecule has 6 heteroatoms. The molecule has 11 heavy (non-hydrogen) atoms. The van der Waals surface area contributed by atoms with Gasteiger partial charge >= 0.3 is 8.60 Å². The van der Waals surface area contributed by atoms with E-state index in [1.807, 2.05) is 6.92 Å². The van der Waals surface area contributed by atoms with Crippen LogP contribution in [0.4, 0.5) is 0 Å². The molecule has 1 N–H and O–H groups in total. The van der Waals surface area contributed by atoms with Crippen LogP contribution in [0.5, 0.6) is 0 Å². The maximum atomic E-state index is 8.90. The molecule has 1 atom stereocenters. The summed E-state index contributed by atoms with van der Waals surface area (Å²) in [6.45, 7) is 2.50. The molecule has 0 aromatic rings. The fourth-order valence-electron chi connectivity index (χ4n) is 0.386. The molecule has 0 aromatic heterocycles. The number of hydrogen-bond acceptors (Lipinski definition) is 3. The summed E-state index contributed by atoms with van der Waals surface area (Å²) in [5, 5.41) is -1.02. The van der Waals surface area contributed by atoms with Crippen LogP contribution in [0.2, 0.25) is 0 Å². The molecular weight excluding hydrogens is 210 g/mol. The molecule has 68 valence electrons. The molecule has 0 heterocycles. The van der Waals surface area contributed by atoms with E-state index in [1.54, 1.807) is 0 Å². The monoisotopic (exact) mass is 220 g/mol. The summed E-state index contributed by atoms with van der Waals surface area (Å²) < 4.78 is 9.35. The van der Waals surface area contributed by atoms with E-state index in [1.165, 1.54) is 0 Å². The number of halogens is 2. The fraction of sp³-hybridized carbons (Fsp3) is 1.00. The van der Waals surface area contributed by atoms with Gasteiger partial charge in [-0.1, -0.05) is 36.5 Å². The highest BCUT2D eigenvalue weighted by atomic mass is 35.5. The lowest BCUT2D eigenvalue weighted by molar-refractivity contribution is 0.209. The molecule has 0 amide bonds. The molecule has 0 saturated carbocycles. The Kier molecular flexibility index (Phi) is 8.14. The maximum Gasteiger partial charge on any atom is 0.332 e. The van der Waals surface area contributed by atoms with Crippen molar-refractivity contribution >= 4 is 31.8 Å². The van der Waals surface area contributed by atoms with Crippen molar-refractivity contribution in [1.82, 2.24) is 0 Å². The highest BCUT2D eigenvalue weighted by Gasteiger charge is 2.10. The Hall–Kier alpha value is 0.890. The van der Waals surface area contributed by atoms with E-state index in [4.69, 9.17) is 32.6 Å². The van der Waals surface area contributed by atoms with E-state index < -0.39 is 13.6 Å². The van der Waals surface area contributed by atoms with Gasteiger partial charge in [0.15, 0.2) is 0 Å². The smallest absolute Gasteiger partial charge is 0.328 e. The Morgan fingerprint density at radius 1 is 1.55 bits per heavy atom. The van der Waals surface area contributed by atoms with Gasteiger partial charge in [0.2, 0.25) is 5.02 Å². The molecule has 0 aliphatic rings. The van der Waals surface area contributed by atoms with Gasteiger partial charge in [-0.25, -0.2) is 0 Å². The normalized spacial score (nSPS) is 13.9. The fourth-order valence-corrected chi connectivity index (χ4v) is 1.28. The molecule has 0 rings (SSSR count). The van der Waals surface area contributed by atoms with Gasteiger partial charge < -0.3 is 9.42 Å². The molecule has 0 fully saturated rings. The summed E-state index contributed by atoms with van der Waals surface area (Å²) >= 11 is 10.4. The topological polar surface area (TPSA) is 38.7 Å². The van der Waals surface area contributed by atoms with Gasteiger partial charge in [-0.3, -0.25) is 4.52 Å². The van der Waals surface area contributed by atoms with Crippen LogP contribution in [0.1, 0.15) is 19.8 Å². The Balaban J connectivity index is 3.15. The molecule has 1 unspecified atom stereocenters. The first-order valence-electron chi connectivity index (χ1n) is 3.23. The molecule has 0 aliphatic carbocycles. The third-order valence-electron chi connectivity index (χ3n) is 0.869. The molecule has 0 aromatic carbocycles. The summed E-state index contributed by atoms with van der Waals surface area (Å²) in [4.78, 5) is 8.90. The minimum Gasteiger partial charge on any atom is -0.328 e. The number of rotatable bonds is 6. The first-order valence-corrected chi connectivity index (χ1v) is 5.24. The van der Waals surface area contributed by atoms with Crippen molar-refractivity contribution in [2.45, 2.75) is 24.8 Å². The molecule has 3 nitrogen and oxygen atoms in total. The molecular formula is C5H11Cl2O3P. The molecule has 0 radical (unpaired) electrons. The van der Waals surface area contributed by atoms with Gasteiger partial charge in [0.1, 0.15) is 0 Å². The average Bonchev–Trinajstić information content (AvgIpc) is 1.86. The third-order valence-corrected chi connectivity index (χ3v) is 2.09. The second kappa shape index (κ2) is 7.53. The van der Waals surface area contributed by atoms with Gasteiger partial charge in [-0.2, -0.15) is 0 Å². The average molecular weight is 221 g/mol. The lowest BCUT2D eigenvalue weighted by atomic mass is 10.4. The van der Waals surface area contributed by atoms with Crippen molar-refractivity contribution in [2.75, 3.05) is 6.61 Å². The summed E-state index contributed by atoms with van der Waals surface area (Å²) in [6.07, 6.45) is 1.90. The van der Waals surface area contributed by atoms with E-state index in [0.717, 1.165) is 12.8 Å². The van der Waals surface area contributed by atoms with Crippen LogP contribution in [-0.4, -0.2) is 16.5 Å². The number of alkyl halides is 2. The summed E-state index contributed by atoms with van der Waals surface area (Å²) in [5.74, 6) is 0. The number of unbranched alkanes of at least 4 members (excludes halogenated alkanes) is 1. The Morgan fingerprint density at radius 3 is 2.64 bits per heavy atom. The minimum absolute atomic E-state index is 0.471. The SMILES string of the molecule is CCCCOP(O)OC(Cl)Cl. The van der Waals surface area contributed by atoms with Crippen molar-refractivity contribution in [3.8, 4) is 0 Å². The Labute approximate surface area is 77.6 Å². The van der Waals surface area contributed by atoms with E-state index in [0.29, 0.717) is 6.61 Å². The lowest BCUT2D eigenvalue weighted by Crippen LogP contribution is -1.95. The number of hydrogen-bond donors (Lipinski definition) is 1. The van der Waals surface area contributed by atoms with Crippen molar-refractivity contribution in [2.24, 2.45) is 0 Å². The van der Waals surface area contributed by atoms with Gasteiger partial charge in [0.05, 0.1) is 6.61 Å². The van der Waals surface area contributed by atoms with Crippen molar-refractivity contribution in [3.05, 3.63) is 0 Å². The largest absolute Gasteiger partial charge is 0.332 e. The zero-order chi connectivity index (χ0) is 8.69. The van der Waals surface area contributed by atoms with Crippen LogP contribution in [0, 0.1) is 0 Å². The Bertz CT molecular complexity index is 93.8. The van der Waals surface area contributed by atoms with Gasteiger partial charge in [0, 0.05) is 0 Å². The van der Waals surface area contributed by atoms with E-state index >= 15 is 0 Å². The van der Waals surface area contributed by atoms with Crippen molar-refractivity contribution in [1.29, 1.82) is 0 Å². The second-order valence-electron chi connectivity index (χ2n) is 1.79. The predicted molar refractivity (Wildman–Crippen MR) is 46.6 cm³/mol. The molecule has 0 bridgehead atoms. The zero-order valence-corrected chi connectivity index (χ0v) is 8.57. The van der Waals surface area contributed by atoms with Gasteiger partial charge in [-0.05, 0) is 6.42 Å². The van der Waals surface area contributed by atoms with E-state index in [9.17, 15) is 0 Å². The predicted octanol–water partition coefficient (Wildman–Crippen LogP) is 2.80. The van der Waals surface area contributed by atoms with Crippen LogP contribution in [0.25, 0.3) is 0 Å². The van der Waals surface area contributed by atoms with E-state index in [-0.39, 0.29) is 0 Å². The first-order chi connectivity index (χ1) is 5.16. The van der Waals surface area contributed by atoms with Gasteiger partial charge in [-0.15, -0.1) is 0 Å². The maximum absolute atomic E-state index is 8.90. The standard InChI is InChI=1S/C5H11Cl2O3P/c1-2-3-4-9-11(8)10-5(6)7/h5,8H,2-4H2,1H3. The zero-order valence-electron chi connectivity index (χ0n) is 6.17. The van der Waals surface area contributed by atoms with Crippen LogP contribution >= 0.6 is 31.8 Å². The molecule has 0 aliphatic heterocycles. The highest BCUT2D eigenvalue weighted by Crippen LogP contribution is 2.36. The van der Waals surface area contributed by atoms with Crippen LogP contribution in [0.3, 0.4) is 0 Å². The summed E-state index contributed by atoms with van der Waals surface area (Å²) in [6, 6.07) is 0. The quantitative estimate of drug-likeness (QED) is 0.425. The van der Waals surface area contributed by atoms with Crippen molar-refractivity contribution < 1.29 is 13.9 Å². The summed E-state index contributed by atoms with van der Waals surface area (Å²) in [5.41, 5.74) is 0. The van der Waals surface area contributed by atoms with E-state index in [2.05, 4.69) is 4.52 Å². The molecule has 0 spiro atoms. The first kappa shape index (κ1) is 11.9. The second-order valence-corrected chi connectivity index (χ2v) is 3.75. The van der Waals surface area contributed by atoms with Crippen LogP contribution < -0.4 is 0 Å². The van der Waals surface area contributed by atoms with Crippen molar-refractivity contribution in [3.63, 3.8) is 0 Å². The van der Waals surface area contributed by atoms with Crippen LogP contribution in [0.15, 0.2) is 0 Å². The van der Waals surface area contributed by atoms with Gasteiger partial charge in [0.25, 0.3) is 0 Å². The Morgan fingerprint density at radius 2 is 2.18 bits per heavy atom. The lowest BCUT2D eigenvalue weighted by Gasteiger charge is -2.09.